The van der Waals surface area contributed by atoms with Crippen molar-refractivity contribution in [2.75, 3.05) is 36.4 Å². The number of nitrogens with zero attached hydrogens (tertiary/aromatic N) is 2. The summed E-state index contributed by atoms with van der Waals surface area (Å²) in [5.74, 6) is -0.0365. The minimum atomic E-state index is -0.441. The lowest BCUT2D eigenvalue weighted by Gasteiger charge is -2.36. The van der Waals surface area contributed by atoms with Gasteiger partial charge in [0, 0.05) is 37.3 Å². The number of piperazine rings is 1. The van der Waals surface area contributed by atoms with Crippen LogP contribution in [0.5, 0.6) is 0 Å². The molecule has 35 heavy (non-hydrogen) atoms. The van der Waals surface area contributed by atoms with E-state index in [9.17, 15) is 9.59 Å². The van der Waals surface area contributed by atoms with E-state index in [-0.39, 0.29) is 16.8 Å². The van der Waals surface area contributed by atoms with Gasteiger partial charge in [-0.25, -0.2) is 0 Å². The smallest absolute Gasteiger partial charge is 0.293 e. The number of fused-ring (bicyclic) bond motifs is 1. The summed E-state index contributed by atoms with van der Waals surface area (Å²) in [4.78, 5) is 28.8. The van der Waals surface area contributed by atoms with Crippen molar-refractivity contribution in [3.8, 4) is 0 Å². The third-order valence-corrected chi connectivity index (χ3v) is 6.23. The zero-order valence-corrected chi connectivity index (χ0v) is 20.1. The average Bonchev–Trinajstić information content (AvgIpc) is 3.54. The highest BCUT2D eigenvalue weighted by atomic mass is 35.5. The Morgan fingerprint density at radius 2 is 1.74 bits per heavy atom. The second kappa shape index (κ2) is 9.81. The highest BCUT2D eigenvalue weighted by Gasteiger charge is 2.25. The SMILES string of the molecule is O=C(NC(=S)Nc1ccc(N2CCN(C(=O)c3ccco3)CC2)c(Cl)c1)c1cc2ccccc2o1. The summed E-state index contributed by atoms with van der Waals surface area (Å²) in [6.07, 6.45) is 1.49. The Labute approximate surface area is 211 Å². The summed E-state index contributed by atoms with van der Waals surface area (Å²) in [6.45, 7) is 2.41. The van der Waals surface area contributed by atoms with Gasteiger partial charge in [0.25, 0.3) is 11.8 Å². The van der Waals surface area contributed by atoms with Crippen LogP contribution >= 0.6 is 23.8 Å². The fraction of sp³-hybridized carbons (Fsp3) is 0.160. The topological polar surface area (TPSA) is 91.0 Å². The maximum Gasteiger partial charge on any atom is 0.293 e. The standard InChI is InChI=1S/C25H21ClN4O4S/c26-18-15-17(27-25(35)28-23(31)22-14-16-4-1-2-5-20(16)34-22)7-8-19(18)29-9-11-30(12-10-29)24(32)21-6-3-13-33-21/h1-8,13-15H,9-12H2,(H2,27,28,31,35). The van der Waals surface area contributed by atoms with Gasteiger partial charge < -0.3 is 24.0 Å². The molecule has 2 amide bonds. The Bertz CT molecular complexity index is 1360. The molecule has 0 spiro atoms. The van der Waals surface area contributed by atoms with Gasteiger partial charge in [0.1, 0.15) is 5.58 Å². The second-order valence-corrected chi connectivity index (χ2v) is 8.79. The number of hydrogen-bond acceptors (Lipinski definition) is 6. The predicted molar refractivity (Wildman–Crippen MR) is 138 cm³/mol. The Hall–Kier alpha value is -3.82. The number of hydrogen-bond donors (Lipinski definition) is 2. The number of para-hydroxylation sites is 1. The maximum absolute atomic E-state index is 12.5. The highest BCUT2D eigenvalue weighted by molar-refractivity contribution is 7.80. The lowest BCUT2D eigenvalue weighted by atomic mass is 10.2. The molecule has 0 aliphatic carbocycles. The lowest BCUT2D eigenvalue weighted by molar-refractivity contribution is 0.0714. The number of furan rings is 2. The Morgan fingerprint density at radius 1 is 0.943 bits per heavy atom. The Morgan fingerprint density at radius 3 is 2.46 bits per heavy atom. The molecule has 0 atom stereocenters. The molecule has 0 radical (unpaired) electrons. The van der Waals surface area contributed by atoms with Crippen molar-refractivity contribution in [2.24, 2.45) is 0 Å². The van der Waals surface area contributed by atoms with Gasteiger partial charge in [0.15, 0.2) is 16.6 Å². The third kappa shape index (κ3) is 5.01. The zero-order valence-electron chi connectivity index (χ0n) is 18.5. The predicted octanol–water partition coefficient (Wildman–Crippen LogP) is 4.77. The molecular weight excluding hydrogens is 488 g/mol. The van der Waals surface area contributed by atoms with Crippen molar-refractivity contribution < 1.29 is 18.4 Å². The van der Waals surface area contributed by atoms with Crippen molar-refractivity contribution in [1.82, 2.24) is 10.2 Å². The zero-order chi connectivity index (χ0) is 24.4. The van der Waals surface area contributed by atoms with Crippen LogP contribution in [0, 0.1) is 0 Å². The molecule has 0 unspecified atom stereocenters. The number of carbonyl (C=O) groups is 2. The third-order valence-electron chi connectivity index (χ3n) is 5.72. The minimum absolute atomic E-state index is 0.112. The first-order valence-electron chi connectivity index (χ1n) is 11.0. The molecule has 178 valence electrons. The molecular formula is C25H21ClN4O4S. The van der Waals surface area contributed by atoms with E-state index in [1.807, 2.05) is 30.3 Å². The summed E-state index contributed by atoms with van der Waals surface area (Å²) in [7, 11) is 0. The number of amides is 2. The van der Waals surface area contributed by atoms with Crippen molar-refractivity contribution in [2.45, 2.75) is 0 Å². The monoisotopic (exact) mass is 508 g/mol. The van der Waals surface area contributed by atoms with Crippen LogP contribution in [0.25, 0.3) is 11.0 Å². The van der Waals surface area contributed by atoms with E-state index in [0.29, 0.717) is 48.2 Å². The van der Waals surface area contributed by atoms with E-state index in [1.54, 1.807) is 35.2 Å². The molecule has 2 aromatic carbocycles. The lowest BCUT2D eigenvalue weighted by Crippen LogP contribution is -2.48. The van der Waals surface area contributed by atoms with Gasteiger partial charge in [-0.1, -0.05) is 29.8 Å². The number of anilines is 2. The maximum atomic E-state index is 12.5. The van der Waals surface area contributed by atoms with Gasteiger partial charge in [-0.05, 0) is 54.7 Å². The first-order chi connectivity index (χ1) is 17.0. The Kier molecular flexibility index (Phi) is 6.43. The largest absolute Gasteiger partial charge is 0.459 e. The van der Waals surface area contributed by atoms with Crippen LogP contribution in [-0.4, -0.2) is 48.0 Å². The van der Waals surface area contributed by atoms with Gasteiger partial charge in [0.05, 0.1) is 17.0 Å². The average molecular weight is 509 g/mol. The minimum Gasteiger partial charge on any atom is -0.459 e. The van der Waals surface area contributed by atoms with E-state index in [4.69, 9.17) is 32.7 Å². The van der Waals surface area contributed by atoms with Gasteiger partial charge in [-0.3, -0.25) is 14.9 Å². The Balaban J connectivity index is 1.17. The number of rotatable bonds is 4. The van der Waals surface area contributed by atoms with E-state index < -0.39 is 5.91 Å². The molecule has 5 rings (SSSR count). The summed E-state index contributed by atoms with van der Waals surface area (Å²) in [5, 5.41) is 7.10. The van der Waals surface area contributed by atoms with Crippen LogP contribution in [-0.2, 0) is 0 Å². The van der Waals surface area contributed by atoms with Crippen molar-refractivity contribution in [3.05, 3.63) is 83.5 Å². The van der Waals surface area contributed by atoms with Gasteiger partial charge >= 0.3 is 0 Å². The molecule has 4 aromatic rings. The summed E-state index contributed by atoms with van der Waals surface area (Å²) >= 11 is 11.8. The van der Waals surface area contributed by atoms with Crippen LogP contribution in [0.3, 0.4) is 0 Å². The molecule has 1 aliphatic rings. The fourth-order valence-electron chi connectivity index (χ4n) is 3.97. The highest BCUT2D eigenvalue weighted by Crippen LogP contribution is 2.30. The molecule has 1 fully saturated rings. The van der Waals surface area contributed by atoms with Gasteiger partial charge in [-0.15, -0.1) is 0 Å². The van der Waals surface area contributed by atoms with E-state index in [1.165, 1.54) is 6.26 Å². The van der Waals surface area contributed by atoms with E-state index in [0.717, 1.165) is 11.1 Å². The number of halogens is 1. The summed E-state index contributed by atoms with van der Waals surface area (Å²) < 4.78 is 10.8. The van der Waals surface area contributed by atoms with Crippen LogP contribution in [0.4, 0.5) is 11.4 Å². The molecule has 2 N–H and O–H groups in total. The first kappa shape index (κ1) is 22.9. The normalized spacial score (nSPS) is 13.6. The molecule has 2 aromatic heterocycles. The number of benzene rings is 2. The van der Waals surface area contributed by atoms with Gasteiger partial charge in [-0.2, -0.15) is 0 Å². The van der Waals surface area contributed by atoms with Crippen molar-refractivity contribution in [1.29, 1.82) is 0 Å². The molecule has 10 heteroatoms. The van der Waals surface area contributed by atoms with Gasteiger partial charge in [0.2, 0.25) is 0 Å². The second-order valence-electron chi connectivity index (χ2n) is 7.98. The molecule has 1 aliphatic heterocycles. The van der Waals surface area contributed by atoms with Crippen LogP contribution in [0.15, 0.2) is 75.8 Å². The fourth-order valence-corrected chi connectivity index (χ4v) is 4.48. The molecule has 1 saturated heterocycles. The number of nitrogens with one attached hydrogen (secondary N) is 2. The molecule has 3 heterocycles. The number of thiocarbonyl (C=S) groups is 1. The summed E-state index contributed by atoms with van der Waals surface area (Å²) in [5.41, 5.74) is 2.13. The van der Waals surface area contributed by atoms with E-state index in [2.05, 4.69) is 15.5 Å². The molecule has 0 bridgehead atoms. The van der Waals surface area contributed by atoms with Crippen LogP contribution < -0.4 is 15.5 Å². The quantitative estimate of drug-likeness (QED) is 0.384. The molecule has 8 nitrogen and oxygen atoms in total. The van der Waals surface area contributed by atoms with E-state index >= 15 is 0 Å². The van der Waals surface area contributed by atoms with Crippen LogP contribution in [0.1, 0.15) is 21.1 Å². The summed E-state index contributed by atoms with van der Waals surface area (Å²) in [6, 6.07) is 17.9. The molecule has 0 saturated carbocycles. The number of carbonyl (C=O) groups excluding carboxylic acids is 2. The van der Waals surface area contributed by atoms with Crippen molar-refractivity contribution in [3.63, 3.8) is 0 Å². The van der Waals surface area contributed by atoms with Crippen LogP contribution in [0.2, 0.25) is 5.02 Å². The van der Waals surface area contributed by atoms with Crippen molar-refractivity contribution >= 4 is 63.1 Å². The first-order valence-corrected chi connectivity index (χ1v) is 11.7.